The Morgan fingerprint density at radius 2 is 2.12 bits per heavy atom. The largest absolute Gasteiger partial charge is 0.361 e. The lowest BCUT2D eigenvalue weighted by Crippen LogP contribution is -2.31. The number of aromatic nitrogens is 1. The third-order valence-electron chi connectivity index (χ3n) is 3.46. The van der Waals surface area contributed by atoms with Crippen LogP contribution in [0.4, 0.5) is 0 Å². The van der Waals surface area contributed by atoms with Crippen molar-refractivity contribution in [2.75, 3.05) is 13.1 Å². The summed E-state index contributed by atoms with van der Waals surface area (Å²) in [4.78, 5) is 3.30. The lowest BCUT2D eigenvalue weighted by atomic mass is 9.91. The van der Waals surface area contributed by atoms with Crippen LogP contribution in [0.3, 0.4) is 0 Å². The van der Waals surface area contributed by atoms with Gasteiger partial charge < -0.3 is 10.2 Å². The number of nitrogens with zero attached hydrogens (tertiary/aromatic N) is 1. The molecule has 2 aromatic rings. The van der Waals surface area contributed by atoms with Crippen molar-refractivity contribution in [3.63, 3.8) is 0 Å². The van der Waals surface area contributed by atoms with Crippen LogP contribution < -0.4 is 0 Å². The van der Waals surface area contributed by atoms with Crippen LogP contribution in [0.5, 0.6) is 0 Å². The molecule has 0 amide bonds. The quantitative estimate of drug-likeness (QED) is 0.818. The number of hydroxylamine groups is 2. The molecule has 1 unspecified atom stereocenters. The Hall–Kier alpha value is -1.03. The summed E-state index contributed by atoms with van der Waals surface area (Å²) in [5, 5.41) is 12.3. The number of rotatable bonds is 1. The first-order valence-electron chi connectivity index (χ1n) is 5.84. The van der Waals surface area contributed by atoms with Crippen LogP contribution >= 0.6 is 12.4 Å². The highest BCUT2D eigenvalue weighted by Crippen LogP contribution is 2.31. The second kappa shape index (κ2) is 5.08. The summed E-state index contributed by atoms with van der Waals surface area (Å²) in [7, 11) is 0. The van der Waals surface area contributed by atoms with Gasteiger partial charge in [0.05, 0.1) is 0 Å². The SMILES string of the molecule is Cl.ON1CCCC(c2c[nH]c3ccccc23)C1. The summed E-state index contributed by atoms with van der Waals surface area (Å²) in [6, 6.07) is 8.36. The van der Waals surface area contributed by atoms with Crippen molar-refractivity contribution < 1.29 is 5.21 Å². The van der Waals surface area contributed by atoms with E-state index in [-0.39, 0.29) is 12.4 Å². The molecule has 1 atom stereocenters. The van der Waals surface area contributed by atoms with Crippen molar-refractivity contribution in [3.05, 3.63) is 36.0 Å². The number of nitrogens with one attached hydrogen (secondary N) is 1. The highest BCUT2D eigenvalue weighted by atomic mass is 35.5. The number of aromatic amines is 1. The number of hydrogen-bond acceptors (Lipinski definition) is 2. The maximum absolute atomic E-state index is 9.57. The van der Waals surface area contributed by atoms with Gasteiger partial charge in [-0.1, -0.05) is 18.2 Å². The Labute approximate surface area is 107 Å². The molecule has 2 heterocycles. The average Bonchev–Trinajstić information content (AvgIpc) is 2.72. The van der Waals surface area contributed by atoms with Gasteiger partial charge in [0.25, 0.3) is 0 Å². The number of piperidine rings is 1. The predicted octanol–water partition coefficient (Wildman–Crippen LogP) is 3.16. The van der Waals surface area contributed by atoms with Crippen LogP contribution in [-0.4, -0.2) is 28.3 Å². The molecule has 0 spiro atoms. The van der Waals surface area contributed by atoms with E-state index in [0.29, 0.717) is 5.92 Å². The van der Waals surface area contributed by atoms with Gasteiger partial charge in [-0.05, 0) is 24.5 Å². The maximum Gasteiger partial charge on any atom is 0.0456 e. The first-order valence-corrected chi connectivity index (χ1v) is 5.84. The Bertz CT molecular complexity index is 497. The summed E-state index contributed by atoms with van der Waals surface area (Å²) in [6.45, 7) is 1.56. The number of para-hydroxylation sites is 1. The molecule has 0 saturated carbocycles. The van der Waals surface area contributed by atoms with Gasteiger partial charge in [-0.15, -0.1) is 12.4 Å². The molecule has 1 aliphatic heterocycles. The summed E-state index contributed by atoms with van der Waals surface area (Å²) >= 11 is 0. The molecular weight excluding hydrogens is 236 g/mol. The first-order chi connectivity index (χ1) is 7.84. The summed E-state index contributed by atoms with van der Waals surface area (Å²) in [5.41, 5.74) is 2.53. The van der Waals surface area contributed by atoms with Gasteiger partial charge in [-0.25, -0.2) is 0 Å². The second-order valence-corrected chi connectivity index (χ2v) is 4.54. The lowest BCUT2D eigenvalue weighted by molar-refractivity contribution is -0.108. The predicted molar refractivity (Wildman–Crippen MR) is 70.9 cm³/mol. The fraction of sp³-hybridized carbons (Fsp3) is 0.385. The molecule has 17 heavy (non-hydrogen) atoms. The van der Waals surface area contributed by atoms with Gasteiger partial charge in [-0.3, -0.25) is 0 Å². The van der Waals surface area contributed by atoms with Crippen molar-refractivity contribution in [1.82, 2.24) is 10.0 Å². The van der Waals surface area contributed by atoms with Crippen molar-refractivity contribution in [3.8, 4) is 0 Å². The molecule has 0 bridgehead atoms. The van der Waals surface area contributed by atoms with Crippen LogP contribution in [0.2, 0.25) is 0 Å². The van der Waals surface area contributed by atoms with Crippen LogP contribution in [0.25, 0.3) is 10.9 Å². The molecule has 1 aliphatic rings. The minimum Gasteiger partial charge on any atom is -0.361 e. The van der Waals surface area contributed by atoms with Crippen LogP contribution in [0, 0.1) is 0 Å². The van der Waals surface area contributed by atoms with Crippen molar-refractivity contribution in [2.24, 2.45) is 0 Å². The van der Waals surface area contributed by atoms with Crippen molar-refractivity contribution in [2.45, 2.75) is 18.8 Å². The van der Waals surface area contributed by atoms with Gasteiger partial charge in [0.15, 0.2) is 0 Å². The van der Waals surface area contributed by atoms with E-state index in [1.807, 2.05) is 6.07 Å². The van der Waals surface area contributed by atoms with E-state index in [2.05, 4.69) is 29.4 Å². The third kappa shape index (κ3) is 2.32. The number of H-pyrrole nitrogens is 1. The first kappa shape index (κ1) is 12.4. The monoisotopic (exact) mass is 252 g/mol. The van der Waals surface area contributed by atoms with Crippen LogP contribution in [0.1, 0.15) is 24.3 Å². The topological polar surface area (TPSA) is 39.3 Å². The molecule has 3 nitrogen and oxygen atoms in total. The van der Waals surface area contributed by atoms with Gasteiger partial charge in [0.2, 0.25) is 0 Å². The molecule has 92 valence electrons. The van der Waals surface area contributed by atoms with Crippen LogP contribution in [-0.2, 0) is 0 Å². The van der Waals surface area contributed by atoms with Crippen molar-refractivity contribution >= 4 is 23.3 Å². The highest BCUT2D eigenvalue weighted by Gasteiger charge is 2.22. The summed E-state index contributed by atoms with van der Waals surface area (Å²) in [6.07, 6.45) is 4.33. The number of benzene rings is 1. The van der Waals surface area contributed by atoms with Gasteiger partial charge in [-0.2, -0.15) is 5.06 Å². The zero-order valence-corrected chi connectivity index (χ0v) is 10.4. The van der Waals surface area contributed by atoms with E-state index in [1.54, 1.807) is 0 Å². The van der Waals surface area contributed by atoms with E-state index >= 15 is 0 Å². The van der Waals surface area contributed by atoms with E-state index < -0.39 is 0 Å². The van der Waals surface area contributed by atoms with E-state index in [1.165, 1.54) is 28.0 Å². The standard InChI is InChI=1S/C13H16N2O.ClH/c16-15-7-3-4-10(9-15)12-8-14-13-6-2-1-5-11(12)13;/h1-2,5-6,8,10,14,16H,3-4,7,9H2;1H. The molecule has 0 aliphatic carbocycles. The summed E-state index contributed by atoms with van der Waals surface area (Å²) in [5.74, 6) is 0.454. The minimum absolute atomic E-state index is 0. The highest BCUT2D eigenvalue weighted by molar-refractivity contribution is 5.85. The number of fused-ring (bicyclic) bond motifs is 1. The lowest BCUT2D eigenvalue weighted by Gasteiger charge is -2.27. The van der Waals surface area contributed by atoms with Crippen molar-refractivity contribution in [1.29, 1.82) is 0 Å². The molecule has 1 aromatic heterocycles. The Morgan fingerprint density at radius 3 is 2.94 bits per heavy atom. The fourth-order valence-corrected chi connectivity index (χ4v) is 2.64. The molecule has 3 rings (SSSR count). The zero-order valence-electron chi connectivity index (χ0n) is 9.60. The Morgan fingerprint density at radius 1 is 1.29 bits per heavy atom. The number of hydrogen-bond donors (Lipinski definition) is 2. The average molecular weight is 253 g/mol. The molecular formula is C13H17ClN2O. The van der Waals surface area contributed by atoms with Gasteiger partial charge in [0.1, 0.15) is 0 Å². The summed E-state index contributed by atoms with van der Waals surface area (Å²) < 4.78 is 0. The third-order valence-corrected chi connectivity index (χ3v) is 3.46. The van der Waals surface area contributed by atoms with E-state index in [9.17, 15) is 5.21 Å². The van der Waals surface area contributed by atoms with Gasteiger partial charge in [0, 0.05) is 36.1 Å². The molecule has 0 radical (unpaired) electrons. The maximum atomic E-state index is 9.57. The molecule has 1 fully saturated rings. The molecule has 1 saturated heterocycles. The van der Waals surface area contributed by atoms with Gasteiger partial charge >= 0.3 is 0 Å². The molecule has 1 aromatic carbocycles. The second-order valence-electron chi connectivity index (χ2n) is 4.54. The van der Waals surface area contributed by atoms with Crippen LogP contribution in [0.15, 0.2) is 30.5 Å². The Balaban J connectivity index is 0.00000108. The Kier molecular flexibility index (Phi) is 3.72. The minimum atomic E-state index is 0. The molecule has 2 N–H and O–H groups in total. The zero-order chi connectivity index (χ0) is 11.0. The molecule has 4 heteroatoms. The normalized spacial score (nSPS) is 21.4. The fourth-order valence-electron chi connectivity index (χ4n) is 2.64. The number of halogens is 1. The smallest absolute Gasteiger partial charge is 0.0456 e. The van der Waals surface area contributed by atoms with E-state index in [4.69, 9.17) is 0 Å². The van der Waals surface area contributed by atoms with E-state index in [0.717, 1.165) is 19.5 Å².